The second kappa shape index (κ2) is 5.96. The Morgan fingerprint density at radius 2 is 2.31 bits per heavy atom. The van der Waals surface area contributed by atoms with E-state index in [2.05, 4.69) is 18.8 Å². The fourth-order valence-corrected chi connectivity index (χ4v) is 1.43. The first-order valence-corrected chi connectivity index (χ1v) is 5.68. The molecular formula is C11H11ClS. The standard InChI is InChI=1S/C11H11ClS/c1-2-13-8-4-6-10-5-3-7-11(12)9-10/h3,5,7,9H,2,8H2,1H3. The van der Waals surface area contributed by atoms with Crippen LogP contribution in [0.2, 0.25) is 5.02 Å². The predicted octanol–water partition coefficient (Wildman–Crippen LogP) is 3.44. The first-order chi connectivity index (χ1) is 6.33. The first kappa shape index (κ1) is 10.5. The van der Waals surface area contributed by atoms with Crippen molar-refractivity contribution in [1.82, 2.24) is 0 Å². The van der Waals surface area contributed by atoms with Crippen molar-refractivity contribution in [3.05, 3.63) is 34.9 Å². The van der Waals surface area contributed by atoms with E-state index in [0.717, 1.165) is 22.1 Å². The Bertz CT molecular complexity index is 322. The van der Waals surface area contributed by atoms with Crippen molar-refractivity contribution in [2.24, 2.45) is 0 Å². The Morgan fingerprint density at radius 3 is 3.00 bits per heavy atom. The molecule has 0 fully saturated rings. The Hall–Kier alpha value is -0.580. The number of rotatable bonds is 2. The zero-order chi connectivity index (χ0) is 9.52. The lowest BCUT2D eigenvalue weighted by Gasteiger charge is -1.90. The van der Waals surface area contributed by atoms with E-state index >= 15 is 0 Å². The number of hydrogen-bond donors (Lipinski definition) is 0. The van der Waals surface area contributed by atoms with Gasteiger partial charge in [-0.25, -0.2) is 0 Å². The molecular weight excluding hydrogens is 200 g/mol. The smallest absolute Gasteiger partial charge is 0.0551 e. The second-order valence-corrected chi connectivity index (χ2v) is 4.16. The van der Waals surface area contributed by atoms with Gasteiger partial charge in [0.15, 0.2) is 0 Å². The molecule has 0 bridgehead atoms. The lowest BCUT2D eigenvalue weighted by molar-refractivity contribution is 1.52. The third-order valence-electron chi connectivity index (χ3n) is 1.44. The number of benzene rings is 1. The van der Waals surface area contributed by atoms with Crippen molar-refractivity contribution in [3.8, 4) is 11.8 Å². The quantitative estimate of drug-likeness (QED) is 0.532. The van der Waals surface area contributed by atoms with Gasteiger partial charge in [-0.15, -0.1) is 11.8 Å². The monoisotopic (exact) mass is 210 g/mol. The Morgan fingerprint density at radius 1 is 1.46 bits per heavy atom. The van der Waals surface area contributed by atoms with Crippen LogP contribution in [-0.4, -0.2) is 11.5 Å². The fraction of sp³-hybridized carbons (Fsp3) is 0.273. The van der Waals surface area contributed by atoms with Gasteiger partial charge in [0.2, 0.25) is 0 Å². The maximum Gasteiger partial charge on any atom is 0.0551 e. The molecule has 1 aromatic carbocycles. The average Bonchev–Trinajstić information content (AvgIpc) is 2.13. The minimum Gasteiger partial charge on any atom is -0.149 e. The highest BCUT2D eigenvalue weighted by Crippen LogP contribution is 2.09. The van der Waals surface area contributed by atoms with Gasteiger partial charge in [0.05, 0.1) is 5.75 Å². The number of halogens is 1. The molecule has 0 radical (unpaired) electrons. The Kier molecular flexibility index (Phi) is 4.82. The van der Waals surface area contributed by atoms with E-state index in [1.165, 1.54) is 0 Å². The van der Waals surface area contributed by atoms with Crippen LogP contribution in [0.25, 0.3) is 0 Å². The summed E-state index contributed by atoms with van der Waals surface area (Å²) in [4.78, 5) is 0. The van der Waals surface area contributed by atoms with Gasteiger partial charge >= 0.3 is 0 Å². The highest BCUT2D eigenvalue weighted by molar-refractivity contribution is 7.99. The van der Waals surface area contributed by atoms with Gasteiger partial charge in [-0.1, -0.05) is 36.4 Å². The molecule has 0 saturated heterocycles. The molecule has 0 spiro atoms. The highest BCUT2D eigenvalue weighted by atomic mass is 35.5. The minimum atomic E-state index is 0.745. The summed E-state index contributed by atoms with van der Waals surface area (Å²) in [6.07, 6.45) is 0. The van der Waals surface area contributed by atoms with E-state index in [-0.39, 0.29) is 0 Å². The molecule has 0 saturated carbocycles. The normalized spacial score (nSPS) is 9.08. The van der Waals surface area contributed by atoms with Gasteiger partial charge in [0, 0.05) is 10.6 Å². The van der Waals surface area contributed by atoms with E-state index in [4.69, 9.17) is 11.6 Å². The molecule has 0 aliphatic carbocycles. The molecule has 13 heavy (non-hydrogen) atoms. The topological polar surface area (TPSA) is 0 Å². The lowest BCUT2D eigenvalue weighted by Crippen LogP contribution is -1.75. The molecule has 0 heterocycles. The van der Waals surface area contributed by atoms with Gasteiger partial charge in [0.1, 0.15) is 0 Å². The summed E-state index contributed by atoms with van der Waals surface area (Å²) in [7, 11) is 0. The molecule has 0 aliphatic rings. The largest absolute Gasteiger partial charge is 0.149 e. The zero-order valence-electron chi connectivity index (χ0n) is 7.51. The molecule has 0 aromatic heterocycles. The summed E-state index contributed by atoms with van der Waals surface area (Å²) in [6, 6.07) is 7.62. The fourth-order valence-electron chi connectivity index (χ4n) is 0.857. The van der Waals surface area contributed by atoms with Crippen LogP contribution in [0.15, 0.2) is 24.3 Å². The molecule has 0 N–H and O–H groups in total. The molecule has 0 amide bonds. The molecule has 1 rings (SSSR count). The van der Waals surface area contributed by atoms with Gasteiger partial charge in [0.25, 0.3) is 0 Å². The molecule has 0 nitrogen and oxygen atoms in total. The Labute approximate surface area is 88.7 Å². The lowest BCUT2D eigenvalue weighted by atomic mass is 10.2. The van der Waals surface area contributed by atoms with E-state index in [9.17, 15) is 0 Å². The van der Waals surface area contributed by atoms with Crippen LogP contribution in [0, 0.1) is 11.8 Å². The molecule has 0 atom stereocenters. The van der Waals surface area contributed by atoms with Crippen LogP contribution in [0.4, 0.5) is 0 Å². The summed E-state index contributed by atoms with van der Waals surface area (Å²) in [5.74, 6) is 8.16. The van der Waals surface area contributed by atoms with Crippen LogP contribution in [0.5, 0.6) is 0 Å². The van der Waals surface area contributed by atoms with Crippen molar-refractivity contribution >= 4 is 23.4 Å². The predicted molar refractivity (Wildman–Crippen MR) is 61.3 cm³/mol. The Balaban J connectivity index is 2.56. The molecule has 0 aliphatic heterocycles. The van der Waals surface area contributed by atoms with Crippen LogP contribution in [0.3, 0.4) is 0 Å². The van der Waals surface area contributed by atoms with E-state index in [1.807, 2.05) is 36.0 Å². The minimum absolute atomic E-state index is 0.745. The average molecular weight is 211 g/mol. The third-order valence-corrected chi connectivity index (χ3v) is 2.43. The summed E-state index contributed by atoms with van der Waals surface area (Å²) in [6.45, 7) is 2.13. The maximum atomic E-state index is 5.81. The molecule has 1 aromatic rings. The summed E-state index contributed by atoms with van der Waals surface area (Å²) < 4.78 is 0. The summed E-state index contributed by atoms with van der Waals surface area (Å²) >= 11 is 7.64. The van der Waals surface area contributed by atoms with Gasteiger partial charge in [-0.2, -0.15) is 0 Å². The van der Waals surface area contributed by atoms with Crippen LogP contribution >= 0.6 is 23.4 Å². The van der Waals surface area contributed by atoms with Crippen molar-refractivity contribution in [1.29, 1.82) is 0 Å². The van der Waals surface area contributed by atoms with Crippen LogP contribution in [0.1, 0.15) is 12.5 Å². The van der Waals surface area contributed by atoms with Crippen molar-refractivity contribution in [2.45, 2.75) is 6.92 Å². The van der Waals surface area contributed by atoms with Gasteiger partial charge in [-0.3, -0.25) is 0 Å². The van der Waals surface area contributed by atoms with Crippen molar-refractivity contribution in [2.75, 3.05) is 11.5 Å². The maximum absolute atomic E-state index is 5.81. The van der Waals surface area contributed by atoms with Gasteiger partial charge in [-0.05, 0) is 24.0 Å². The molecule has 0 unspecified atom stereocenters. The van der Waals surface area contributed by atoms with Crippen molar-refractivity contribution < 1.29 is 0 Å². The summed E-state index contributed by atoms with van der Waals surface area (Å²) in [5.41, 5.74) is 0.990. The number of hydrogen-bond acceptors (Lipinski definition) is 1. The van der Waals surface area contributed by atoms with E-state index in [1.54, 1.807) is 0 Å². The summed E-state index contributed by atoms with van der Waals surface area (Å²) in [5, 5.41) is 0.745. The van der Waals surface area contributed by atoms with E-state index in [0.29, 0.717) is 0 Å². The van der Waals surface area contributed by atoms with Gasteiger partial charge < -0.3 is 0 Å². The van der Waals surface area contributed by atoms with Crippen molar-refractivity contribution in [3.63, 3.8) is 0 Å². The number of thioether (sulfide) groups is 1. The first-order valence-electron chi connectivity index (χ1n) is 4.15. The van der Waals surface area contributed by atoms with Crippen LogP contribution in [-0.2, 0) is 0 Å². The molecule has 68 valence electrons. The van der Waals surface area contributed by atoms with Crippen LogP contribution < -0.4 is 0 Å². The highest BCUT2D eigenvalue weighted by Gasteiger charge is 1.87. The molecule has 2 heteroatoms. The zero-order valence-corrected chi connectivity index (χ0v) is 9.08. The second-order valence-electron chi connectivity index (χ2n) is 2.45. The third kappa shape index (κ3) is 4.26. The SMILES string of the molecule is CCSCC#Cc1cccc(Cl)c1. The van der Waals surface area contributed by atoms with E-state index < -0.39 is 0 Å².